The second kappa shape index (κ2) is 18.3. The Balaban J connectivity index is 3.28. The molecule has 0 bridgehead atoms. The molecule has 0 saturated carbocycles. The normalized spacial score (nSPS) is 14.1. The third-order valence-electron chi connectivity index (χ3n) is 5.49. The summed E-state index contributed by atoms with van der Waals surface area (Å²) >= 11 is 0. The molecule has 140 valence electrons. The highest BCUT2D eigenvalue weighted by Gasteiger charge is 2.05. The SMILES string of the molecule is CCCCCCCCCCC(C)CCCC(C)CCCCCC. The molecule has 0 radical (unpaired) electrons. The average molecular weight is 325 g/mol. The maximum atomic E-state index is 2.48. The molecular weight excluding hydrogens is 276 g/mol. The van der Waals surface area contributed by atoms with Crippen LogP contribution in [0.25, 0.3) is 0 Å². The standard InChI is InChI=1S/C23H48/c1-5-7-9-11-12-13-14-16-19-23(4)21-17-20-22(3)18-15-10-8-6-2/h22-23H,5-21H2,1-4H3. The molecule has 0 rings (SSSR count). The summed E-state index contributed by atoms with van der Waals surface area (Å²) in [6, 6.07) is 0. The average Bonchev–Trinajstić information content (AvgIpc) is 2.54. The predicted molar refractivity (Wildman–Crippen MR) is 108 cm³/mol. The molecule has 0 fully saturated rings. The fourth-order valence-corrected chi connectivity index (χ4v) is 3.65. The zero-order chi connectivity index (χ0) is 17.2. The predicted octanol–water partition coefficient (Wildman–Crippen LogP) is 8.93. The van der Waals surface area contributed by atoms with Gasteiger partial charge < -0.3 is 0 Å². The van der Waals surface area contributed by atoms with Crippen molar-refractivity contribution < 1.29 is 0 Å². The highest BCUT2D eigenvalue weighted by atomic mass is 14.1. The fourth-order valence-electron chi connectivity index (χ4n) is 3.65. The first-order valence-electron chi connectivity index (χ1n) is 11.2. The Morgan fingerprint density at radius 1 is 0.391 bits per heavy atom. The van der Waals surface area contributed by atoms with Crippen molar-refractivity contribution in [2.45, 2.75) is 137 Å². The largest absolute Gasteiger partial charge is 0.0654 e. The molecule has 0 aromatic heterocycles. The first-order valence-corrected chi connectivity index (χ1v) is 11.2. The molecule has 0 heteroatoms. The van der Waals surface area contributed by atoms with Crippen molar-refractivity contribution >= 4 is 0 Å². The molecule has 0 spiro atoms. The van der Waals surface area contributed by atoms with Gasteiger partial charge in [-0.1, -0.05) is 137 Å². The molecule has 0 heterocycles. The van der Waals surface area contributed by atoms with Gasteiger partial charge >= 0.3 is 0 Å². The van der Waals surface area contributed by atoms with Gasteiger partial charge in [-0.2, -0.15) is 0 Å². The Bertz CT molecular complexity index is 208. The molecule has 0 amide bonds. The van der Waals surface area contributed by atoms with Gasteiger partial charge in [0.2, 0.25) is 0 Å². The van der Waals surface area contributed by atoms with Crippen LogP contribution in [0.2, 0.25) is 0 Å². The summed E-state index contributed by atoms with van der Waals surface area (Å²) in [7, 11) is 0. The zero-order valence-corrected chi connectivity index (χ0v) is 17.2. The van der Waals surface area contributed by atoms with Crippen LogP contribution in [0.5, 0.6) is 0 Å². The van der Waals surface area contributed by atoms with Gasteiger partial charge in [0, 0.05) is 0 Å². The van der Waals surface area contributed by atoms with Gasteiger partial charge in [0.05, 0.1) is 0 Å². The fraction of sp³-hybridized carbons (Fsp3) is 1.00. The van der Waals surface area contributed by atoms with Crippen LogP contribution < -0.4 is 0 Å². The van der Waals surface area contributed by atoms with Crippen molar-refractivity contribution in [2.75, 3.05) is 0 Å². The molecule has 0 nitrogen and oxygen atoms in total. The summed E-state index contributed by atoms with van der Waals surface area (Å²) in [4.78, 5) is 0. The Hall–Kier alpha value is 0. The van der Waals surface area contributed by atoms with E-state index in [-0.39, 0.29) is 0 Å². The van der Waals surface area contributed by atoms with Crippen LogP contribution in [0.4, 0.5) is 0 Å². The van der Waals surface area contributed by atoms with Crippen molar-refractivity contribution in [2.24, 2.45) is 11.8 Å². The van der Waals surface area contributed by atoms with Gasteiger partial charge in [0.25, 0.3) is 0 Å². The smallest absolute Gasteiger partial charge is 0.0443 e. The first kappa shape index (κ1) is 23.0. The zero-order valence-electron chi connectivity index (χ0n) is 17.2. The van der Waals surface area contributed by atoms with Crippen LogP contribution in [-0.2, 0) is 0 Å². The van der Waals surface area contributed by atoms with Gasteiger partial charge in [0.1, 0.15) is 0 Å². The maximum Gasteiger partial charge on any atom is -0.0443 e. The summed E-state index contributed by atoms with van der Waals surface area (Å²) in [6.07, 6.45) is 24.7. The van der Waals surface area contributed by atoms with Crippen LogP contribution in [0.15, 0.2) is 0 Å². The number of unbranched alkanes of at least 4 members (excludes halogenated alkanes) is 10. The third-order valence-corrected chi connectivity index (χ3v) is 5.49. The minimum atomic E-state index is 0.960. The monoisotopic (exact) mass is 324 g/mol. The van der Waals surface area contributed by atoms with Crippen LogP contribution in [0, 0.1) is 11.8 Å². The highest BCUT2D eigenvalue weighted by Crippen LogP contribution is 2.21. The van der Waals surface area contributed by atoms with Crippen LogP contribution in [0.1, 0.15) is 137 Å². The van der Waals surface area contributed by atoms with Gasteiger partial charge in [0.15, 0.2) is 0 Å². The molecule has 2 atom stereocenters. The second-order valence-corrected chi connectivity index (χ2v) is 8.25. The third kappa shape index (κ3) is 18.2. The van der Waals surface area contributed by atoms with E-state index in [1.54, 1.807) is 0 Å². The van der Waals surface area contributed by atoms with E-state index in [0.717, 1.165) is 11.8 Å². The van der Waals surface area contributed by atoms with Gasteiger partial charge in [-0.25, -0.2) is 0 Å². The quantitative estimate of drug-likeness (QED) is 0.221. The first-order chi connectivity index (χ1) is 11.2. The van der Waals surface area contributed by atoms with Gasteiger partial charge in [-0.15, -0.1) is 0 Å². The van der Waals surface area contributed by atoms with Crippen molar-refractivity contribution in [3.63, 3.8) is 0 Å². The van der Waals surface area contributed by atoms with Crippen LogP contribution in [0.3, 0.4) is 0 Å². The minimum absolute atomic E-state index is 0.960. The van der Waals surface area contributed by atoms with E-state index in [4.69, 9.17) is 0 Å². The summed E-state index contributed by atoms with van der Waals surface area (Å²) in [5.41, 5.74) is 0. The minimum Gasteiger partial charge on any atom is -0.0654 e. The van der Waals surface area contributed by atoms with E-state index >= 15 is 0 Å². The van der Waals surface area contributed by atoms with E-state index < -0.39 is 0 Å². The Morgan fingerprint density at radius 2 is 0.696 bits per heavy atom. The topological polar surface area (TPSA) is 0 Å². The Morgan fingerprint density at radius 3 is 1.13 bits per heavy atom. The summed E-state index contributed by atoms with van der Waals surface area (Å²) < 4.78 is 0. The molecule has 0 aromatic rings. The van der Waals surface area contributed by atoms with Crippen molar-refractivity contribution in [3.8, 4) is 0 Å². The number of hydrogen-bond acceptors (Lipinski definition) is 0. The summed E-state index contributed by atoms with van der Waals surface area (Å²) in [5, 5.41) is 0. The summed E-state index contributed by atoms with van der Waals surface area (Å²) in [6.45, 7) is 9.55. The molecule has 23 heavy (non-hydrogen) atoms. The molecular formula is C23H48. The van der Waals surface area contributed by atoms with Gasteiger partial charge in [-0.05, 0) is 11.8 Å². The maximum absolute atomic E-state index is 2.48. The van der Waals surface area contributed by atoms with Crippen LogP contribution >= 0.6 is 0 Å². The van der Waals surface area contributed by atoms with Crippen LogP contribution in [-0.4, -0.2) is 0 Å². The highest BCUT2D eigenvalue weighted by molar-refractivity contribution is 4.59. The van der Waals surface area contributed by atoms with E-state index in [2.05, 4.69) is 27.7 Å². The van der Waals surface area contributed by atoms with Crippen molar-refractivity contribution in [1.82, 2.24) is 0 Å². The Labute approximate surface area is 149 Å². The molecule has 0 N–H and O–H groups in total. The molecule has 0 aliphatic carbocycles. The molecule has 0 saturated heterocycles. The van der Waals surface area contributed by atoms with Gasteiger partial charge in [-0.3, -0.25) is 0 Å². The lowest BCUT2D eigenvalue weighted by molar-refractivity contribution is 0.391. The lowest BCUT2D eigenvalue weighted by Gasteiger charge is -2.14. The Kier molecular flexibility index (Phi) is 18.3. The molecule has 0 aliphatic rings. The molecule has 2 unspecified atom stereocenters. The number of hydrogen-bond donors (Lipinski definition) is 0. The van der Waals surface area contributed by atoms with Crippen molar-refractivity contribution in [3.05, 3.63) is 0 Å². The number of rotatable bonds is 18. The van der Waals surface area contributed by atoms with E-state index in [1.807, 2.05) is 0 Å². The van der Waals surface area contributed by atoms with E-state index in [0.29, 0.717) is 0 Å². The second-order valence-electron chi connectivity index (χ2n) is 8.25. The summed E-state index contributed by atoms with van der Waals surface area (Å²) in [5.74, 6) is 1.92. The lowest BCUT2D eigenvalue weighted by atomic mass is 9.92. The van der Waals surface area contributed by atoms with E-state index in [9.17, 15) is 0 Å². The molecule has 0 aliphatic heterocycles. The molecule has 0 aromatic carbocycles. The van der Waals surface area contributed by atoms with Crippen molar-refractivity contribution in [1.29, 1.82) is 0 Å². The van der Waals surface area contributed by atoms with E-state index in [1.165, 1.54) is 109 Å². The lowest BCUT2D eigenvalue weighted by Crippen LogP contribution is -1.99.